The number of hydrogen-bond donors (Lipinski definition) is 1. The van der Waals surface area contributed by atoms with Crippen LogP contribution in [0.5, 0.6) is 0 Å². The molecule has 2 amide bonds. The van der Waals surface area contributed by atoms with Gasteiger partial charge in [-0.2, -0.15) is 0 Å². The van der Waals surface area contributed by atoms with Crippen LogP contribution in [0.25, 0.3) is 10.1 Å². The van der Waals surface area contributed by atoms with Crippen molar-refractivity contribution in [3.63, 3.8) is 0 Å². The zero-order valence-electron chi connectivity index (χ0n) is 13.0. The van der Waals surface area contributed by atoms with Gasteiger partial charge in [0.05, 0.1) is 12.1 Å². The normalized spacial score (nSPS) is 19.3. The maximum atomic E-state index is 12.3. The van der Waals surface area contributed by atoms with E-state index >= 15 is 0 Å². The first-order valence-electron chi connectivity index (χ1n) is 7.73. The molecule has 2 atom stereocenters. The second-order valence-corrected chi connectivity index (χ2v) is 6.81. The fourth-order valence-corrected chi connectivity index (χ4v) is 3.83. The maximum absolute atomic E-state index is 12.3. The molecule has 2 aromatic rings. The van der Waals surface area contributed by atoms with E-state index in [2.05, 4.69) is 22.8 Å². The summed E-state index contributed by atoms with van der Waals surface area (Å²) in [6, 6.07) is 8.32. The number of carbonyl (C=O) groups excluding carboxylic acids is 1. The van der Waals surface area contributed by atoms with E-state index in [0.29, 0.717) is 6.54 Å². The summed E-state index contributed by atoms with van der Waals surface area (Å²) in [5, 5.41) is 6.42. The summed E-state index contributed by atoms with van der Waals surface area (Å²) in [5.74, 6) is 0. The molecule has 1 fully saturated rings. The lowest BCUT2D eigenvalue weighted by atomic mass is 10.1. The summed E-state index contributed by atoms with van der Waals surface area (Å²) >= 11 is 1.72. The molecule has 4 nitrogen and oxygen atoms in total. The van der Waals surface area contributed by atoms with Crippen LogP contribution in [0.15, 0.2) is 29.6 Å². The average molecular weight is 318 g/mol. The number of nitrogens with one attached hydrogen (secondary N) is 1. The molecule has 118 valence electrons. The summed E-state index contributed by atoms with van der Waals surface area (Å²) in [7, 11) is 1.84. The Morgan fingerprint density at radius 1 is 1.50 bits per heavy atom. The van der Waals surface area contributed by atoms with Crippen molar-refractivity contribution < 1.29 is 9.53 Å². The van der Waals surface area contributed by atoms with Gasteiger partial charge in [-0.1, -0.05) is 18.2 Å². The Morgan fingerprint density at radius 3 is 3.09 bits per heavy atom. The van der Waals surface area contributed by atoms with Crippen LogP contribution in [-0.2, 0) is 11.3 Å². The van der Waals surface area contributed by atoms with Crippen molar-refractivity contribution in [2.45, 2.75) is 38.5 Å². The fourth-order valence-electron chi connectivity index (χ4n) is 2.88. The minimum absolute atomic E-state index is 0.0433. The molecule has 1 saturated heterocycles. The molecule has 0 bridgehead atoms. The number of benzene rings is 1. The van der Waals surface area contributed by atoms with Crippen molar-refractivity contribution in [3.05, 3.63) is 35.2 Å². The van der Waals surface area contributed by atoms with E-state index in [4.69, 9.17) is 4.74 Å². The SMILES string of the molecule is C[C@@H](NC(=O)N(C)Cc1csc2ccccc12)[C@@H]1CCCO1. The molecule has 0 radical (unpaired) electrons. The lowest BCUT2D eigenvalue weighted by Gasteiger charge is -2.24. The predicted molar refractivity (Wildman–Crippen MR) is 90.3 cm³/mol. The monoisotopic (exact) mass is 318 g/mol. The standard InChI is InChI=1S/C17H22N2O2S/c1-12(15-7-5-9-21-15)18-17(20)19(2)10-13-11-22-16-8-4-3-6-14(13)16/h3-4,6,8,11-12,15H,5,7,9-10H2,1-2H3,(H,18,20)/t12-,15+/m1/s1. The highest BCUT2D eigenvalue weighted by molar-refractivity contribution is 7.17. The summed E-state index contributed by atoms with van der Waals surface area (Å²) in [4.78, 5) is 14.1. The fraction of sp³-hybridized carbons (Fsp3) is 0.471. The van der Waals surface area contributed by atoms with Crippen molar-refractivity contribution in [1.29, 1.82) is 0 Å². The van der Waals surface area contributed by atoms with Crippen LogP contribution in [0.3, 0.4) is 0 Å². The van der Waals surface area contributed by atoms with Crippen LogP contribution in [0.4, 0.5) is 4.79 Å². The van der Waals surface area contributed by atoms with Gasteiger partial charge in [-0.3, -0.25) is 0 Å². The topological polar surface area (TPSA) is 41.6 Å². The van der Waals surface area contributed by atoms with Crippen LogP contribution >= 0.6 is 11.3 Å². The molecule has 0 unspecified atom stereocenters. The minimum atomic E-state index is -0.0433. The summed E-state index contributed by atoms with van der Waals surface area (Å²) < 4.78 is 6.89. The van der Waals surface area contributed by atoms with E-state index in [-0.39, 0.29) is 18.2 Å². The Morgan fingerprint density at radius 2 is 2.32 bits per heavy atom. The van der Waals surface area contributed by atoms with Gasteiger partial charge in [0, 0.05) is 24.9 Å². The molecule has 0 saturated carbocycles. The molecule has 1 aromatic heterocycles. The van der Waals surface area contributed by atoms with Gasteiger partial charge < -0.3 is 15.0 Å². The second-order valence-electron chi connectivity index (χ2n) is 5.90. The van der Waals surface area contributed by atoms with Crippen LogP contribution in [0.2, 0.25) is 0 Å². The molecule has 1 aliphatic heterocycles. The predicted octanol–water partition coefficient (Wildman–Crippen LogP) is 3.61. The number of carbonyl (C=O) groups is 1. The average Bonchev–Trinajstić information content (AvgIpc) is 3.17. The molecule has 1 aliphatic rings. The lowest BCUT2D eigenvalue weighted by molar-refractivity contribution is 0.0838. The van der Waals surface area contributed by atoms with Gasteiger partial charge in [0.15, 0.2) is 0 Å². The van der Waals surface area contributed by atoms with Gasteiger partial charge in [0.1, 0.15) is 0 Å². The highest BCUT2D eigenvalue weighted by Gasteiger charge is 2.24. The number of thiophene rings is 1. The highest BCUT2D eigenvalue weighted by atomic mass is 32.1. The highest BCUT2D eigenvalue weighted by Crippen LogP contribution is 2.26. The number of urea groups is 1. The molecule has 5 heteroatoms. The number of amides is 2. The van der Waals surface area contributed by atoms with Crippen molar-refractivity contribution in [2.75, 3.05) is 13.7 Å². The Hall–Kier alpha value is -1.59. The number of hydrogen-bond acceptors (Lipinski definition) is 3. The zero-order chi connectivity index (χ0) is 15.5. The molecule has 2 heterocycles. The molecule has 1 N–H and O–H groups in total. The quantitative estimate of drug-likeness (QED) is 0.935. The number of ether oxygens (including phenoxy) is 1. The molecule has 0 aliphatic carbocycles. The van der Waals surface area contributed by atoms with Gasteiger partial charge in [0.2, 0.25) is 0 Å². The van der Waals surface area contributed by atoms with E-state index in [1.807, 2.05) is 26.1 Å². The van der Waals surface area contributed by atoms with Crippen molar-refractivity contribution in [3.8, 4) is 0 Å². The van der Waals surface area contributed by atoms with Crippen LogP contribution in [0, 0.1) is 0 Å². The number of rotatable bonds is 4. The van der Waals surface area contributed by atoms with Crippen molar-refractivity contribution in [2.24, 2.45) is 0 Å². The van der Waals surface area contributed by atoms with Crippen LogP contribution < -0.4 is 5.32 Å². The first-order chi connectivity index (χ1) is 10.6. The van der Waals surface area contributed by atoms with Gasteiger partial charge in [-0.25, -0.2) is 4.79 Å². The summed E-state index contributed by atoms with van der Waals surface area (Å²) in [6.45, 7) is 3.44. The third kappa shape index (κ3) is 3.25. The Bertz CT molecular complexity index is 649. The number of fused-ring (bicyclic) bond motifs is 1. The third-order valence-electron chi connectivity index (χ3n) is 4.19. The Balaban J connectivity index is 1.61. The molecule has 0 spiro atoms. The Kier molecular flexibility index (Phi) is 4.64. The molecule has 3 rings (SSSR count). The van der Waals surface area contributed by atoms with Crippen LogP contribution in [-0.4, -0.2) is 36.7 Å². The molecule has 22 heavy (non-hydrogen) atoms. The van der Waals surface area contributed by atoms with Crippen molar-refractivity contribution in [1.82, 2.24) is 10.2 Å². The number of nitrogens with zero attached hydrogens (tertiary/aromatic N) is 1. The largest absolute Gasteiger partial charge is 0.376 e. The first kappa shape index (κ1) is 15.3. The Labute approximate surface area is 135 Å². The maximum Gasteiger partial charge on any atom is 0.317 e. The van der Waals surface area contributed by atoms with E-state index in [1.165, 1.54) is 15.6 Å². The molecule has 1 aromatic carbocycles. The van der Waals surface area contributed by atoms with Gasteiger partial charge >= 0.3 is 6.03 Å². The van der Waals surface area contributed by atoms with Gasteiger partial charge in [0.25, 0.3) is 0 Å². The third-order valence-corrected chi connectivity index (χ3v) is 5.20. The van der Waals surface area contributed by atoms with Crippen molar-refractivity contribution >= 4 is 27.5 Å². The summed E-state index contributed by atoms with van der Waals surface area (Å²) in [5.41, 5.74) is 1.20. The molecular weight excluding hydrogens is 296 g/mol. The molecular formula is C17H22N2O2S. The van der Waals surface area contributed by atoms with Crippen LogP contribution in [0.1, 0.15) is 25.3 Å². The van der Waals surface area contributed by atoms with Gasteiger partial charge in [-0.15, -0.1) is 11.3 Å². The minimum Gasteiger partial charge on any atom is -0.376 e. The lowest BCUT2D eigenvalue weighted by Crippen LogP contribution is -2.46. The van der Waals surface area contributed by atoms with E-state index in [1.54, 1.807) is 16.2 Å². The first-order valence-corrected chi connectivity index (χ1v) is 8.61. The summed E-state index contributed by atoms with van der Waals surface area (Å²) in [6.07, 6.45) is 2.27. The van der Waals surface area contributed by atoms with E-state index < -0.39 is 0 Å². The van der Waals surface area contributed by atoms with E-state index in [9.17, 15) is 4.79 Å². The van der Waals surface area contributed by atoms with Gasteiger partial charge in [-0.05, 0) is 42.2 Å². The zero-order valence-corrected chi connectivity index (χ0v) is 13.9. The van der Waals surface area contributed by atoms with E-state index in [0.717, 1.165) is 19.4 Å². The second kappa shape index (κ2) is 6.67. The smallest absolute Gasteiger partial charge is 0.317 e.